The summed E-state index contributed by atoms with van der Waals surface area (Å²) in [6.45, 7) is 1.63. The average Bonchev–Trinajstić information content (AvgIpc) is 2.39. The van der Waals surface area contributed by atoms with Crippen LogP contribution in [0.1, 0.15) is 48.0 Å². The van der Waals surface area contributed by atoms with Gasteiger partial charge in [-0.1, -0.05) is 12.1 Å². The third-order valence-electron chi connectivity index (χ3n) is 4.73. The summed E-state index contributed by atoms with van der Waals surface area (Å²) in [5.74, 6) is 0.00543. The number of hydrogen-bond donors (Lipinski definition) is 1. The third kappa shape index (κ3) is 2.36. The van der Waals surface area contributed by atoms with Crippen molar-refractivity contribution in [2.24, 2.45) is 5.73 Å². The fraction of sp³-hybridized carbons (Fsp3) is 0.500. The molecule has 106 valence electrons. The second kappa shape index (κ2) is 5.02. The van der Waals surface area contributed by atoms with Gasteiger partial charge in [0, 0.05) is 37.0 Å². The summed E-state index contributed by atoms with van der Waals surface area (Å²) in [5, 5.41) is 0. The molecule has 0 radical (unpaired) electrons. The van der Waals surface area contributed by atoms with E-state index in [1.807, 2.05) is 18.2 Å². The molecule has 1 heterocycles. The topological polar surface area (TPSA) is 63.4 Å². The molecule has 1 spiro atoms. The van der Waals surface area contributed by atoms with Crippen molar-refractivity contribution in [2.45, 2.75) is 44.2 Å². The zero-order chi connectivity index (χ0) is 14.2. The molecule has 20 heavy (non-hydrogen) atoms. The number of rotatable bonds is 3. The Morgan fingerprint density at radius 2 is 2.15 bits per heavy atom. The largest absolute Gasteiger partial charge is 0.366 e. The number of ketones is 1. The molecular formula is C16H20N2O2. The van der Waals surface area contributed by atoms with Gasteiger partial charge in [0.1, 0.15) is 5.78 Å². The molecule has 3 rings (SSSR count). The van der Waals surface area contributed by atoms with E-state index >= 15 is 0 Å². The maximum Gasteiger partial charge on any atom is 0.248 e. The fourth-order valence-corrected chi connectivity index (χ4v) is 3.43. The van der Waals surface area contributed by atoms with E-state index in [1.54, 1.807) is 6.07 Å². The zero-order valence-electron chi connectivity index (χ0n) is 11.6. The maximum atomic E-state index is 11.7. The fourth-order valence-electron chi connectivity index (χ4n) is 3.43. The molecular weight excluding hydrogens is 252 g/mol. The van der Waals surface area contributed by atoms with Crippen LogP contribution in [0.25, 0.3) is 0 Å². The van der Waals surface area contributed by atoms with Crippen LogP contribution in [-0.2, 0) is 11.3 Å². The lowest BCUT2D eigenvalue weighted by atomic mass is 9.69. The van der Waals surface area contributed by atoms with Crippen LogP contribution in [-0.4, -0.2) is 28.7 Å². The van der Waals surface area contributed by atoms with Crippen LogP contribution in [0.4, 0.5) is 0 Å². The van der Waals surface area contributed by atoms with Gasteiger partial charge in [0.15, 0.2) is 0 Å². The summed E-state index contributed by atoms with van der Waals surface area (Å²) in [5.41, 5.74) is 7.08. The number of hydrogen-bond acceptors (Lipinski definition) is 3. The lowest BCUT2D eigenvalue weighted by molar-refractivity contribution is -0.131. The van der Waals surface area contributed by atoms with E-state index in [9.17, 15) is 9.59 Å². The van der Waals surface area contributed by atoms with Crippen molar-refractivity contribution in [2.75, 3.05) is 6.54 Å². The van der Waals surface area contributed by atoms with Gasteiger partial charge in [0.05, 0.1) is 0 Å². The van der Waals surface area contributed by atoms with Crippen LogP contribution < -0.4 is 5.73 Å². The van der Waals surface area contributed by atoms with Crippen molar-refractivity contribution in [1.29, 1.82) is 0 Å². The SMILES string of the molecule is NC(=O)c1cccc(CN2CCC(=O)CC23CCC3)c1. The van der Waals surface area contributed by atoms with E-state index < -0.39 is 0 Å². The molecule has 1 saturated carbocycles. The number of amides is 1. The first-order valence-electron chi connectivity index (χ1n) is 7.25. The van der Waals surface area contributed by atoms with E-state index in [4.69, 9.17) is 5.73 Å². The minimum absolute atomic E-state index is 0.0953. The molecule has 1 aromatic rings. The predicted octanol–water partition coefficient (Wildman–Crippen LogP) is 1.87. The Balaban J connectivity index is 1.78. The highest BCUT2D eigenvalue weighted by Gasteiger charge is 2.46. The molecule has 1 amide bonds. The van der Waals surface area contributed by atoms with Crippen LogP contribution in [0.3, 0.4) is 0 Å². The van der Waals surface area contributed by atoms with Crippen LogP contribution in [0, 0.1) is 0 Å². The highest BCUT2D eigenvalue weighted by Crippen LogP contribution is 2.43. The Kier molecular flexibility index (Phi) is 3.34. The van der Waals surface area contributed by atoms with Crippen molar-refractivity contribution < 1.29 is 9.59 Å². The lowest BCUT2D eigenvalue weighted by Gasteiger charge is -2.52. The Morgan fingerprint density at radius 3 is 2.80 bits per heavy atom. The summed E-state index contributed by atoms with van der Waals surface area (Å²) in [6, 6.07) is 7.50. The van der Waals surface area contributed by atoms with E-state index in [1.165, 1.54) is 6.42 Å². The van der Waals surface area contributed by atoms with Crippen LogP contribution in [0.5, 0.6) is 0 Å². The maximum absolute atomic E-state index is 11.7. The number of carbonyl (C=O) groups excluding carboxylic acids is 2. The molecule has 2 aliphatic rings. The Labute approximate surface area is 118 Å². The van der Waals surface area contributed by atoms with Gasteiger partial charge in [-0.05, 0) is 37.0 Å². The van der Waals surface area contributed by atoms with Gasteiger partial charge in [-0.15, -0.1) is 0 Å². The Morgan fingerprint density at radius 1 is 1.35 bits per heavy atom. The smallest absolute Gasteiger partial charge is 0.248 e. The molecule has 4 nitrogen and oxygen atoms in total. The van der Waals surface area contributed by atoms with Crippen molar-refractivity contribution in [1.82, 2.24) is 4.90 Å². The first kappa shape index (κ1) is 13.3. The highest BCUT2D eigenvalue weighted by atomic mass is 16.1. The van der Waals surface area contributed by atoms with Gasteiger partial charge >= 0.3 is 0 Å². The molecule has 1 aromatic carbocycles. The number of benzene rings is 1. The molecule has 0 aromatic heterocycles. The number of piperidine rings is 1. The number of carbonyl (C=O) groups is 2. The molecule has 4 heteroatoms. The standard InChI is InChI=1S/C16H20N2O2/c17-15(20)13-4-1-3-12(9-13)11-18-8-5-14(19)10-16(18)6-2-7-16/h1,3-4,9H,2,5-8,10-11H2,(H2,17,20). The van der Waals surface area contributed by atoms with Crippen LogP contribution in [0.15, 0.2) is 24.3 Å². The van der Waals surface area contributed by atoms with Gasteiger partial charge in [0.25, 0.3) is 0 Å². The average molecular weight is 272 g/mol. The van der Waals surface area contributed by atoms with Gasteiger partial charge in [-0.2, -0.15) is 0 Å². The molecule has 2 N–H and O–H groups in total. The molecule has 1 aliphatic heterocycles. The van der Waals surface area contributed by atoms with Crippen molar-refractivity contribution in [3.63, 3.8) is 0 Å². The predicted molar refractivity (Wildman–Crippen MR) is 76.2 cm³/mol. The summed E-state index contributed by atoms with van der Waals surface area (Å²) in [4.78, 5) is 25.4. The van der Waals surface area contributed by atoms with E-state index in [-0.39, 0.29) is 11.4 Å². The summed E-state index contributed by atoms with van der Waals surface area (Å²) >= 11 is 0. The summed E-state index contributed by atoms with van der Waals surface area (Å²) in [6.07, 6.45) is 4.80. The van der Waals surface area contributed by atoms with Gasteiger partial charge < -0.3 is 5.73 Å². The summed E-state index contributed by atoms with van der Waals surface area (Å²) in [7, 11) is 0. The Hall–Kier alpha value is -1.68. The third-order valence-corrected chi connectivity index (χ3v) is 4.73. The summed E-state index contributed by atoms with van der Waals surface area (Å²) < 4.78 is 0. The molecule has 0 unspecified atom stereocenters. The van der Waals surface area contributed by atoms with E-state index in [0.29, 0.717) is 24.2 Å². The molecule has 0 bridgehead atoms. The van der Waals surface area contributed by atoms with Crippen molar-refractivity contribution in [3.05, 3.63) is 35.4 Å². The molecule has 1 aliphatic carbocycles. The lowest BCUT2D eigenvalue weighted by Crippen LogP contribution is -2.57. The minimum atomic E-state index is -0.390. The van der Waals surface area contributed by atoms with Crippen molar-refractivity contribution >= 4 is 11.7 Å². The van der Waals surface area contributed by atoms with Gasteiger partial charge in [0.2, 0.25) is 5.91 Å². The number of Topliss-reactive ketones (excluding diaryl/α,β-unsaturated/α-hetero) is 1. The van der Waals surface area contributed by atoms with Gasteiger partial charge in [-0.25, -0.2) is 0 Å². The van der Waals surface area contributed by atoms with Crippen LogP contribution in [0.2, 0.25) is 0 Å². The molecule has 1 saturated heterocycles. The zero-order valence-corrected chi connectivity index (χ0v) is 11.6. The van der Waals surface area contributed by atoms with Crippen LogP contribution >= 0.6 is 0 Å². The normalized spacial score (nSPS) is 21.7. The van der Waals surface area contributed by atoms with E-state index in [2.05, 4.69) is 4.90 Å². The molecule has 2 fully saturated rings. The molecule has 0 atom stereocenters. The minimum Gasteiger partial charge on any atom is -0.366 e. The quantitative estimate of drug-likeness (QED) is 0.913. The second-order valence-electron chi connectivity index (χ2n) is 6.03. The number of nitrogens with zero attached hydrogens (tertiary/aromatic N) is 1. The first-order chi connectivity index (χ1) is 9.59. The van der Waals surface area contributed by atoms with E-state index in [0.717, 1.165) is 31.5 Å². The first-order valence-corrected chi connectivity index (χ1v) is 7.25. The highest BCUT2D eigenvalue weighted by molar-refractivity contribution is 5.92. The van der Waals surface area contributed by atoms with Gasteiger partial charge in [-0.3, -0.25) is 14.5 Å². The number of primary amides is 1. The number of nitrogens with two attached hydrogens (primary N) is 1. The number of likely N-dealkylation sites (tertiary alicyclic amines) is 1. The van der Waals surface area contributed by atoms with Crippen molar-refractivity contribution in [3.8, 4) is 0 Å². The second-order valence-corrected chi connectivity index (χ2v) is 6.03. The monoisotopic (exact) mass is 272 g/mol. The Bertz CT molecular complexity index is 549.